The van der Waals surface area contributed by atoms with Crippen molar-refractivity contribution in [3.63, 3.8) is 0 Å². The average molecular weight is 266 g/mol. The molecule has 0 fully saturated rings. The van der Waals surface area contributed by atoms with Crippen LogP contribution in [0.1, 0.15) is 59.1 Å². The summed E-state index contributed by atoms with van der Waals surface area (Å²) in [6.45, 7) is 0. The molecule has 2 aromatic carbocycles. The predicted octanol–water partition coefficient (Wildman–Crippen LogP) is 3.43. The third-order valence-corrected chi connectivity index (χ3v) is 4.95. The molecule has 2 aliphatic rings. The summed E-state index contributed by atoms with van der Waals surface area (Å²) in [5.74, 6) is 0.638. The normalized spacial score (nSPS) is 31.1. The van der Waals surface area contributed by atoms with Crippen LogP contribution in [0.2, 0.25) is 0 Å². The zero-order chi connectivity index (χ0) is 13.7. The van der Waals surface area contributed by atoms with Crippen molar-refractivity contribution < 1.29 is 10.2 Å². The molecule has 0 radical (unpaired) electrons. The van der Waals surface area contributed by atoms with Crippen LogP contribution < -0.4 is 0 Å². The Balaban J connectivity index is 1.78. The van der Waals surface area contributed by atoms with E-state index in [1.807, 2.05) is 36.4 Å². The van der Waals surface area contributed by atoms with E-state index >= 15 is 0 Å². The van der Waals surface area contributed by atoms with Gasteiger partial charge in [-0.05, 0) is 46.9 Å². The second kappa shape index (κ2) is 4.44. The Hall–Kier alpha value is -1.64. The van der Waals surface area contributed by atoms with Crippen LogP contribution in [0.3, 0.4) is 0 Å². The number of hydrogen-bond acceptors (Lipinski definition) is 2. The Morgan fingerprint density at radius 1 is 0.600 bits per heavy atom. The fourth-order valence-electron chi connectivity index (χ4n) is 4.06. The lowest BCUT2D eigenvalue weighted by atomic mass is 9.83. The van der Waals surface area contributed by atoms with Gasteiger partial charge in [0.1, 0.15) is 0 Å². The first kappa shape index (κ1) is 12.1. The zero-order valence-electron chi connectivity index (χ0n) is 11.2. The van der Waals surface area contributed by atoms with Crippen LogP contribution in [0.25, 0.3) is 0 Å². The highest BCUT2D eigenvalue weighted by atomic mass is 16.3. The maximum Gasteiger partial charge on any atom is 0.0798 e. The van der Waals surface area contributed by atoms with Gasteiger partial charge in [-0.15, -0.1) is 0 Å². The molecule has 0 aliphatic heterocycles. The molecule has 0 saturated heterocycles. The number of aliphatic hydroxyl groups is 2. The first-order valence-corrected chi connectivity index (χ1v) is 7.29. The van der Waals surface area contributed by atoms with Crippen LogP contribution in [0.4, 0.5) is 0 Å². The van der Waals surface area contributed by atoms with E-state index in [9.17, 15) is 10.2 Å². The van der Waals surface area contributed by atoms with E-state index in [4.69, 9.17) is 0 Å². The van der Waals surface area contributed by atoms with Crippen molar-refractivity contribution in [3.8, 4) is 0 Å². The van der Waals surface area contributed by atoms with Crippen molar-refractivity contribution in [3.05, 3.63) is 70.8 Å². The lowest BCUT2D eigenvalue weighted by Crippen LogP contribution is -2.06. The molecule has 0 bridgehead atoms. The minimum absolute atomic E-state index is 0.319. The Morgan fingerprint density at radius 2 is 0.950 bits per heavy atom. The Bertz CT molecular complexity index is 592. The summed E-state index contributed by atoms with van der Waals surface area (Å²) in [6.07, 6.45) is 0.818. The van der Waals surface area contributed by atoms with Crippen LogP contribution in [-0.4, -0.2) is 10.2 Å². The van der Waals surface area contributed by atoms with Crippen LogP contribution >= 0.6 is 0 Å². The molecule has 0 amide bonds. The number of rotatable bonds is 1. The van der Waals surface area contributed by atoms with E-state index in [0.29, 0.717) is 11.8 Å². The average Bonchev–Trinajstić information content (AvgIpc) is 2.99. The third-order valence-electron chi connectivity index (χ3n) is 4.95. The molecule has 0 unspecified atom stereocenters. The predicted molar refractivity (Wildman–Crippen MR) is 77.5 cm³/mol. The molecule has 20 heavy (non-hydrogen) atoms. The van der Waals surface area contributed by atoms with Crippen LogP contribution in [0.5, 0.6) is 0 Å². The van der Waals surface area contributed by atoms with Gasteiger partial charge in [0, 0.05) is 0 Å². The van der Waals surface area contributed by atoms with Crippen LogP contribution in [-0.2, 0) is 0 Å². The van der Waals surface area contributed by atoms with Crippen molar-refractivity contribution in [2.24, 2.45) is 0 Å². The molecule has 2 aromatic rings. The number of aliphatic hydroxyl groups excluding tert-OH is 2. The Labute approximate surface area is 118 Å². The third kappa shape index (κ3) is 1.65. The molecule has 2 N–H and O–H groups in total. The number of fused-ring (bicyclic) bond motifs is 2. The van der Waals surface area contributed by atoms with Gasteiger partial charge in [-0.3, -0.25) is 0 Å². The molecule has 0 saturated carbocycles. The van der Waals surface area contributed by atoms with Crippen molar-refractivity contribution in [2.45, 2.75) is 36.9 Å². The maximum atomic E-state index is 10.3. The van der Waals surface area contributed by atoms with E-state index in [0.717, 1.165) is 24.0 Å². The van der Waals surface area contributed by atoms with Gasteiger partial charge in [-0.2, -0.15) is 0 Å². The molecular weight excluding hydrogens is 248 g/mol. The highest BCUT2D eigenvalue weighted by Crippen LogP contribution is 2.54. The molecule has 0 aromatic heterocycles. The minimum atomic E-state index is -0.360. The molecule has 102 valence electrons. The summed E-state index contributed by atoms with van der Waals surface area (Å²) in [4.78, 5) is 0. The summed E-state index contributed by atoms with van der Waals surface area (Å²) in [6, 6.07) is 16.4. The van der Waals surface area contributed by atoms with E-state index < -0.39 is 0 Å². The summed E-state index contributed by atoms with van der Waals surface area (Å²) in [5.41, 5.74) is 4.65. The topological polar surface area (TPSA) is 40.5 Å². The summed E-state index contributed by atoms with van der Waals surface area (Å²) >= 11 is 0. The van der Waals surface area contributed by atoms with Gasteiger partial charge in [0.05, 0.1) is 12.2 Å². The summed E-state index contributed by atoms with van der Waals surface area (Å²) in [7, 11) is 0. The van der Waals surface area contributed by atoms with Crippen molar-refractivity contribution in [1.82, 2.24) is 0 Å². The smallest absolute Gasteiger partial charge is 0.0798 e. The fraction of sp³-hybridized carbons (Fsp3) is 0.333. The van der Waals surface area contributed by atoms with E-state index in [-0.39, 0.29) is 12.2 Å². The second-order valence-corrected chi connectivity index (χ2v) is 5.97. The van der Waals surface area contributed by atoms with Crippen LogP contribution in [0.15, 0.2) is 48.5 Å². The Morgan fingerprint density at radius 3 is 1.35 bits per heavy atom. The van der Waals surface area contributed by atoms with Crippen molar-refractivity contribution >= 4 is 0 Å². The van der Waals surface area contributed by atoms with E-state index in [1.165, 1.54) is 11.1 Å². The van der Waals surface area contributed by atoms with Crippen LogP contribution in [0, 0.1) is 0 Å². The lowest BCUT2D eigenvalue weighted by Gasteiger charge is -2.20. The van der Waals surface area contributed by atoms with E-state index in [2.05, 4.69) is 12.1 Å². The highest BCUT2D eigenvalue weighted by Gasteiger charge is 2.40. The first-order chi connectivity index (χ1) is 9.75. The largest absolute Gasteiger partial charge is 0.388 e. The summed E-state index contributed by atoms with van der Waals surface area (Å²) in [5, 5.41) is 20.5. The molecule has 4 rings (SSSR count). The summed E-state index contributed by atoms with van der Waals surface area (Å²) < 4.78 is 0. The van der Waals surface area contributed by atoms with E-state index in [1.54, 1.807) is 0 Å². The molecule has 2 heteroatoms. The van der Waals surface area contributed by atoms with Crippen molar-refractivity contribution in [1.29, 1.82) is 0 Å². The zero-order valence-corrected chi connectivity index (χ0v) is 11.2. The Kier molecular flexibility index (Phi) is 2.69. The fourth-order valence-corrected chi connectivity index (χ4v) is 4.06. The van der Waals surface area contributed by atoms with Gasteiger partial charge in [0.25, 0.3) is 0 Å². The van der Waals surface area contributed by atoms with Gasteiger partial charge < -0.3 is 10.2 Å². The van der Waals surface area contributed by atoms with Gasteiger partial charge in [0.2, 0.25) is 0 Å². The van der Waals surface area contributed by atoms with Gasteiger partial charge in [0.15, 0.2) is 0 Å². The number of hydrogen-bond donors (Lipinski definition) is 2. The second-order valence-electron chi connectivity index (χ2n) is 5.97. The SMILES string of the molecule is O[C@@H]1C[C@H]([C@H]2C[C@@H](O)c3ccccc32)c2ccccc21. The molecule has 0 spiro atoms. The molecule has 0 heterocycles. The molecule has 2 nitrogen and oxygen atoms in total. The quantitative estimate of drug-likeness (QED) is 0.830. The number of benzene rings is 2. The monoisotopic (exact) mass is 266 g/mol. The van der Waals surface area contributed by atoms with Crippen molar-refractivity contribution in [2.75, 3.05) is 0 Å². The molecule has 2 aliphatic carbocycles. The minimum Gasteiger partial charge on any atom is -0.388 e. The highest BCUT2D eigenvalue weighted by molar-refractivity contribution is 5.44. The molecule has 4 atom stereocenters. The van der Waals surface area contributed by atoms with Gasteiger partial charge in [-0.25, -0.2) is 0 Å². The first-order valence-electron chi connectivity index (χ1n) is 7.29. The van der Waals surface area contributed by atoms with Gasteiger partial charge >= 0.3 is 0 Å². The standard InChI is InChI=1S/C18H18O2/c19-17-9-15(11-5-1-3-7-13(11)17)16-10-18(20)14-8-4-2-6-12(14)16/h1-8,15-20H,9-10H2/t15-,16-,17+,18+/m0/s1. The molecular formula is C18H18O2. The van der Waals surface area contributed by atoms with Gasteiger partial charge in [-0.1, -0.05) is 48.5 Å². The lowest BCUT2D eigenvalue weighted by molar-refractivity contribution is 0.153. The maximum absolute atomic E-state index is 10.3.